The van der Waals surface area contributed by atoms with E-state index in [2.05, 4.69) is 52.7 Å². The highest BCUT2D eigenvalue weighted by molar-refractivity contribution is 14.0. The quantitative estimate of drug-likeness (QED) is 0.371. The fourth-order valence-electron chi connectivity index (χ4n) is 3.47. The topological polar surface area (TPSA) is 47.9 Å². The van der Waals surface area contributed by atoms with Crippen LogP contribution in [-0.4, -0.2) is 55.4 Å². The van der Waals surface area contributed by atoms with Gasteiger partial charge in [-0.2, -0.15) is 0 Å². The van der Waals surface area contributed by atoms with Crippen molar-refractivity contribution in [3.8, 4) is 0 Å². The predicted molar refractivity (Wildman–Crippen MR) is 130 cm³/mol. The first-order valence-corrected chi connectivity index (χ1v) is 9.93. The molecule has 1 saturated heterocycles. The van der Waals surface area contributed by atoms with Gasteiger partial charge in [0.1, 0.15) is 0 Å². The number of hydrogen-bond acceptors (Lipinski definition) is 2. The monoisotopic (exact) mass is 506 g/mol. The van der Waals surface area contributed by atoms with E-state index in [0.717, 1.165) is 31.9 Å². The summed E-state index contributed by atoms with van der Waals surface area (Å²) in [6, 6.07) is 20.9. The number of rotatable bonds is 6. The lowest BCUT2D eigenvalue weighted by Crippen LogP contribution is -2.44. The van der Waals surface area contributed by atoms with Crippen LogP contribution in [0.1, 0.15) is 17.5 Å². The van der Waals surface area contributed by atoms with Gasteiger partial charge in [-0.3, -0.25) is 4.79 Å². The molecule has 29 heavy (non-hydrogen) atoms. The minimum absolute atomic E-state index is 0. The molecule has 0 bridgehead atoms. The number of carbonyl (C=O) groups excluding carboxylic acids is 1. The Hall–Kier alpha value is -2.09. The Morgan fingerprint density at radius 3 is 2.31 bits per heavy atom. The van der Waals surface area contributed by atoms with Gasteiger partial charge in [0, 0.05) is 27.2 Å². The molecule has 0 aliphatic carbocycles. The van der Waals surface area contributed by atoms with Crippen LogP contribution >= 0.6 is 24.0 Å². The van der Waals surface area contributed by atoms with Crippen molar-refractivity contribution in [3.05, 3.63) is 71.8 Å². The van der Waals surface area contributed by atoms with E-state index < -0.39 is 0 Å². The van der Waals surface area contributed by atoms with Crippen molar-refractivity contribution in [1.29, 1.82) is 0 Å². The fourth-order valence-corrected chi connectivity index (χ4v) is 3.47. The molecule has 1 amide bonds. The van der Waals surface area contributed by atoms with Crippen LogP contribution in [-0.2, 0) is 17.8 Å². The van der Waals surface area contributed by atoms with E-state index in [1.807, 2.05) is 18.2 Å². The lowest BCUT2D eigenvalue weighted by atomic mass is 9.99. The summed E-state index contributed by atoms with van der Waals surface area (Å²) in [5, 5.41) is 3.28. The van der Waals surface area contributed by atoms with E-state index in [1.165, 1.54) is 11.1 Å². The normalized spacial score (nSPS) is 16.3. The molecule has 1 atom stereocenters. The predicted octanol–water partition coefficient (Wildman–Crippen LogP) is 3.40. The Morgan fingerprint density at radius 1 is 1.07 bits per heavy atom. The Bertz CT molecular complexity index is 780. The third-order valence-corrected chi connectivity index (χ3v) is 5.10. The number of amides is 1. The zero-order valence-corrected chi connectivity index (χ0v) is 19.6. The van der Waals surface area contributed by atoms with Crippen LogP contribution in [0.2, 0.25) is 0 Å². The van der Waals surface area contributed by atoms with Crippen LogP contribution in [0.4, 0.5) is 0 Å². The molecule has 5 nitrogen and oxygen atoms in total. The Morgan fingerprint density at radius 2 is 1.69 bits per heavy atom. The molecule has 156 valence electrons. The smallest absolute Gasteiger partial charge is 0.241 e. The molecule has 1 aliphatic heterocycles. The van der Waals surface area contributed by atoms with Gasteiger partial charge in [0.2, 0.25) is 5.91 Å². The van der Waals surface area contributed by atoms with E-state index in [4.69, 9.17) is 4.99 Å². The number of halogens is 1. The summed E-state index contributed by atoms with van der Waals surface area (Å²) in [7, 11) is 3.55. The van der Waals surface area contributed by atoms with Crippen molar-refractivity contribution in [2.24, 2.45) is 10.9 Å². The van der Waals surface area contributed by atoms with Gasteiger partial charge >= 0.3 is 0 Å². The van der Waals surface area contributed by atoms with Crippen LogP contribution in [0.25, 0.3) is 0 Å². The molecule has 0 saturated carbocycles. The van der Waals surface area contributed by atoms with Crippen LogP contribution in [0.15, 0.2) is 65.7 Å². The zero-order chi connectivity index (χ0) is 19.8. The maximum Gasteiger partial charge on any atom is 0.241 e. The van der Waals surface area contributed by atoms with E-state index >= 15 is 0 Å². The first kappa shape index (κ1) is 23.2. The average Bonchev–Trinajstić information content (AvgIpc) is 3.17. The van der Waals surface area contributed by atoms with Gasteiger partial charge in [-0.25, -0.2) is 4.99 Å². The van der Waals surface area contributed by atoms with Crippen molar-refractivity contribution >= 4 is 35.8 Å². The number of guanidine groups is 1. The van der Waals surface area contributed by atoms with Gasteiger partial charge < -0.3 is 15.1 Å². The highest BCUT2D eigenvalue weighted by atomic mass is 127. The Kier molecular flexibility index (Phi) is 9.44. The fraction of sp³-hybridized carbons (Fsp3) is 0.391. The molecule has 0 aromatic heterocycles. The number of aliphatic imine (C=N–C) groups is 1. The molecule has 3 rings (SSSR count). The largest absolute Gasteiger partial charge is 0.347 e. The molecule has 2 aromatic carbocycles. The minimum Gasteiger partial charge on any atom is -0.347 e. The van der Waals surface area contributed by atoms with Gasteiger partial charge in [-0.15, -0.1) is 24.0 Å². The molecule has 1 aliphatic rings. The van der Waals surface area contributed by atoms with Crippen LogP contribution in [0.5, 0.6) is 0 Å². The summed E-state index contributed by atoms with van der Waals surface area (Å²) in [4.78, 5) is 20.7. The van der Waals surface area contributed by atoms with Crippen molar-refractivity contribution < 1.29 is 4.79 Å². The lowest BCUT2D eigenvalue weighted by molar-refractivity contribution is -0.127. The number of nitrogens with zero attached hydrogens (tertiary/aromatic N) is 3. The summed E-state index contributed by atoms with van der Waals surface area (Å²) in [5.41, 5.74) is 2.55. The summed E-state index contributed by atoms with van der Waals surface area (Å²) in [5.74, 6) is 1.48. The van der Waals surface area contributed by atoms with E-state index in [1.54, 1.807) is 19.0 Å². The second kappa shape index (κ2) is 11.8. The van der Waals surface area contributed by atoms with Crippen molar-refractivity contribution in [1.82, 2.24) is 15.1 Å². The first-order chi connectivity index (χ1) is 13.6. The molecule has 0 radical (unpaired) electrons. The Balaban J connectivity index is 0.00000300. The van der Waals surface area contributed by atoms with E-state index in [0.29, 0.717) is 12.5 Å². The van der Waals surface area contributed by atoms with Crippen molar-refractivity contribution in [2.45, 2.75) is 19.4 Å². The van der Waals surface area contributed by atoms with Crippen LogP contribution < -0.4 is 5.32 Å². The highest BCUT2D eigenvalue weighted by Gasteiger charge is 2.25. The van der Waals surface area contributed by atoms with Crippen LogP contribution in [0, 0.1) is 5.92 Å². The zero-order valence-electron chi connectivity index (χ0n) is 17.3. The summed E-state index contributed by atoms with van der Waals surface area (Å²) >= 11 is 0. The average molecular weight is 506 g/mol. The molecule has 1 N–H and O–H groups in total. The first-order valence-electron chi connectivity index (χ1n) is 9.93. The van der Waals surface area contributed by atoms with E-state index in [-0.39, 0.29) is 36.4 Å². The van der Waals surface area contributed by atoms with Crippen LogP contribution in [0.3, 0.4) is 0 Å². The number of nitrogens with one attached hydrogen (secondary N) is 1. The number of benzene rings is 2. The molecule has 2 aromatic rings. The maximum absolute atomic E-state index is 12.0. The summed E-state index contributed by atoms with van der Waals surface area (Å²) in [6.07, 6.45) is 2.22. The third-order valence-electron chi connectivity index (χ3n) is 5.10. The number of carbonyl (C=O) groups is 1. The lowest BCUT2D eigenvalue weighted by Gasteiger charge is -2.23. The van der Waals surface area contributed by atoms with Gasteiger partial charge in [0.15, 0.2) is 5.96 Å². The summed E-state index contributed by atoms with van der Waals surface area (Å²) in [6.45, 7) is 2.81. The molecule has 1 unspecified atom stereocenters. The standard InChI is InChI=1S/C23H30N4O.HI/c1-26(2)22(28)17-25-23(24-16-20-11-7-4-8-12-20)27-14-13-21(18-27)15-19-9-5-3-6-10-19;/h3-12,21H,13-18H2,1-2H3,(H,24,25);1H. The third kappa shape index (κ3) is 7.34. The van der Waals surface area contributed by atoms with E-state index in [9.17, 15) is 4.79 Å². The maximum atomic E-state index is 12.0. The second-order valence-corrected chi connectivity index (χ2v) is 7.56. The van der Waals surface area contributed by atoms with Gasteiger partial charge in [-0.05, 0) is 29.9 Å². The van der Waals surface area contributed by atoms with Gasteiger partial charge in [0.25, 0.3) is 0 Å². The molecule has 6 heteroatoms. The molecule has 1 fully saturated rings. The SMILES string of the molecule is CN(C)C(=O)CNC(=NCc1ccccc1)N1CCC(Cc2ccccc2)C1.I. The van der Waals surface area contributed by atoms with Gasteiger partial charge in [-0.1, -0.05) is 60.7 Å². The molecule has 0 spiro atoms. The molecular formula is C23H31IN4O. The summed E-state index contributed by atoms with van der Waals surface area (Å²) < 4.78 is 0. The van der Waals surface area contributed by atoms with Crippen molar-refractivity contribution in [3.63, 3.8) is 0 Å². The second-order valence-electron chi connectivity index (χ2n) is 7.56. The highest BCUT2D eigenvalue weighted by Crippen LogP contribution is 2.21. The molecular weight excluding hydrogens is 475 g/mol. The van der Waals surface area contributed by atoms with Gasteiger partial charge in [0.05, 0.1) is 13.1 Å². The Labute approximate surface area is 191 Å². The number of likely N-dealkylation sites (tertiary alicyclic amines) is 1. The minimum atomic E-state index is 0. The van der Waals surface area contributed by atoms with Crippen molar-refractivity contribution in [2.75, 3.05) is 33.7 Å². The number of likely N-dealkylation sites (N-methyl/N-ethyl adjacent to an activating group) is 1. The number of hydrogen-bond donors (Lipinski definition) is 1. The molecule has 1 heterocycles.